The average Bonchev–Trinajstić information content (AvgIpc) is 2.32. The highest BCUT2D eigenvalue weighted by molar-refractivity contribution is 9.10. The number of nitrogens with one attached hydrogen (secondary N) is 1. The Morgan fingerprint density at radius 2 is 2.05 bits per heavy atom. The molecule has 19 heavy (non-hydrogen) atoms. The number of carbonyl (C=O) groups excluding carboxylic acids is 1. The zero-order chi connectivity index (χ0) is 14.0. The highest BCUT2D eigenvalue weighted by Crippen LogP contribution is 2.23. The first-order chi connectivity index (χ1) is 8.97. The van der Waals surface area contributed by atoms with E-state index >= 15 is 0 Å². The molecule has 6 heteroatoms. The normalized spacial score (nSPS) is 10.3. The molecule has 0 aliphatic rings. The number of carbonyl (C=O) groups is 1. The van der Waals surface area contributed by atoms with Crippen LogP contribution in [0.5, 0.6) is 0 Å². The Morgan fingerprint density at radius 1 is 1.32 bits per heavy atom. The van der Waals surface area contributed by atoms with E-state index in [9.17, 15) is 4.79 Å². The lowest BCUT2D eigenvalue weighted by Crippen LogP contribution is -2.14. The first-order valence-electron chi connectivity index (χ1n) is 5.36. The van der Waals surface area contributed by atoms with E-state index in [2.05, 4.69) is 42.2 Å². The summed E-state index contributed by atoms with van der Waals surface area (Å²) in [7, 11) is 0. The minimum Gasteiger partial charge on any atom is -0.306 e. The van der Waals surface area contributed by atoms with E-state index in [0.29, 0.717) is 20.9 Å². The molecule has 1 aromatic carbocycles. The Bertz CT molecular complexity index is 647. The van der Waals surface area contributed by atoms with Crippen LogP contribution in [-0.2, 0) is 0 Å². The van der Waals surface area contributed by atoms with Gasteiger partial charge in [0, 0.05) is 20.2 Å². The van der Waals surface area contributed by atoms with Crippen molar-refractivity contribution in [2.24, 2.45) is 0 Å². The molecule has 0 radical (unpaired) electrons. The third-order valence-electron chi connectivity index (χ3n) is 2.45. The first kappa shape index (κ1) is 14.5. The first-order valence-corrected chi connectivity index (χ1v) is 7.32. The highest BCUT2D eigenvalue weighted by atomic mass is 79.9. The molecule has 3 nitrogen and oxygen atoms in total. The third kappa shape index (κ3) is 3.55. The fourth-order valence-electron chi connectivity index (χ4n) is 1.52. The Hall–Kier alpha value is -0.910. The summed E-state index contributed by atoms with van der Waals surface area (Å²) < 4.78 is 1.52. The summed E-state index contributed by atoms with van der Waals surface area (Å²) in [5, 5.41) is 3.34. The van der Waals surface area contributed by atoms with Gasteiger partial charge >= 0.3 is 0 Å². The van der Waals surface area contributed by atoms with Crippen molar-refractivity contribution >= 4 is 55.2 Å². The van der Waals surface area contributed by atoms with Gasteiger partial charge in [0.1, 0.15) is 5.82 Å². The van der Waals surface area contributed by atoms with Crippen molar-refractivity contribution in [1.29, 1.82) is 0 Å². The summed E-state index contributed by atoms with van der Waals surface area (Å²) in [6.45, 7) is 1.88. The summed E-state index contributed by atoms with van der Waals surface area (Å²) in [5.41, 5.74) is 1.39. The number of anilines is 1. The van der Waals surface area contributed by atoms with Gasteiger partial charge in [-0.15, -0.1) is 0 Å². The van der Waals surface area contributed by atoms with Gasteiger partial charge in [0.25, 0.3) is 5.91 Å². The number of halogens is 3. The predicted molar refractivity (Wildman–Crippen MR) is 83.8 cm³/mol. The monoisotopic (exact) mass is 402 g/mol. The molecule has 1 heterocycles. The van der Waals surface area contributed by atoms with Crippen LogP contribution in [0.25, 0.3) is 0 Å². The van der Waals surface area contributed by atoms with Crippen LogP contribution < -0.4 is 5.32 Å². The number of amides is 1. The molecule has 0 aliphatic heterocycles. The van der Waals surface area contributed by atoms with Crippen molar-refractivity contribution < 1.29 is 4.79 Å². The average molecular weight is 404 g/mol. The SMILES string of the molecule is Cc1cc(Br)cnc1NC(=O)c1ccc(Cl)cc1Br. The molecule has 0 aliphatic carbocycles. The second kappa shape index (κ2) is 6.03. The number of aromatic nitrogens is 1. The van der Waals surface area contributed by atoms with Gasteiger partial charge in [-0.25, -0.2) is 4.98 Å². The summed E-state index contributed by atoms with van der Waals surface area (Å²) in [6, 6.07) is 6.90. The Morgan fingerprint density at radius 3 is 2.68 bits per heavy atom. The van der Waals surface area contributed by atoms with Gasteiger partial charge in [0.2, 0.25) is 0 Å². The van der Waals surface area contributed by atoms with E-state index in [1.54, 1.807) is 24.4 Å². The Balaban J connectivity index is 2.25. The van der Waals surface area contributed by atoms with Crippen LogP contribution in [0.15, 0.2) is 39.4 Å². The molecule has 0 saturated heterocycles. The molecule has 1 amide bonds. The number of hydrogen-bond donors (Lipinski definition) is 1. The molecule has 0 unspecified atom stereocenters. The van der Waals surface area contributed by atoms with Gasteiger partial charge in [0.15, 0.2) is 0 Å². The van der Waals surface area contributed by atoms with Crippen LogP contribution >= 0.6 is 43.5 Å². The molecule has 98 valence electrons. The maximum Gasteiger partial charge on any atom is 0.257 e. The van der Waals surface area contributed by atoms with Crippen LogP contribution in [0.4, 0.5) is 5.82 Å². The van der Waals surface area contributed by atoms with Gasteiger partial charge < -0.3 is 5.32 Å². The van der Waals surface area contributed by atoms with Crippen molar-refractivity contribution in [2.75, 3.05) is 5.32 Å². The summed E-state index contributed by atoms with van der Waals surface area (Å²) in [6.07, 6.45) is 1.64. The Labute approximate surface area is 132 Å². The van der Waals surface area contributed by atoms with Crippen molar-refractivity contribution in [3.05, 3.63) is 55.6 Å². The van der Waals surface area contributed by atoms with Gasteiger partial charge in [-0.1, -0.05) is 11.6 Å². The predicted octanol–water partition coefficient (Wildman–Crippen LogP) is 4.82. The summed E-state index contributed by atoms with van der Waals surface area (Å²) >= 11 is 12.5. The van der Waals surface area contributed by atoms with Crippen LogP contribution in [0, 0.1) is 6.92 Å². The van der Waals surface area contributed by atoms with Crippen molar-refractivity contribution in [3.8, 4) is 0 Å². The molecule has 2 rings (SSSR count). The zero-order valence-corrected chi connectivity index (χ0v) is 13.8. The van der Waals surface area contributed by atoms with Crippen LogP contribution in [-0.4, -0.2) is 10.9 Å². The van der Waals surface area contributed by atoms with E-state index in [0.717, 1.165) is 10.0 Å². The van der Waals surface area contributed by atoms with Crippen LogP contribution in [0.3, 0.4) is 0 Å². The minimum atomic E-state index is -0.235. The quantitative estimate of drug-likeness (QED) is 0.780. The highest BCUT2D eigenvalue weighted by Gasteiger charge is 2.12. The van der Waals surface area contributed by atoms with E-state index in [1.165, 1.54) is 0 Å². The summed E-state index contributed by atoms with van der Waals surface area (Å²) in [5.74, 6) is 0.302. The molecular weight excluding hydrogens is 395 g/mol. The van der Waals surface area contributed by atoms with Gasteiger partial charge in [-0.2, -0.15) is 0 Å². The van der Waals surface area contributed by atoms with E-state index in [-0.39, 0.29) is 5.91 Å². The van der Waals surface area contributed by atoms with E-state index < -0.39 is 0 Å². The number of benzene rings is 1. The van der Waals surface area contributed by atoms with Gasteiger partial charge in [-0.3, -0.25) is 4.79 Å². The lowest BCUT2D eigenvalue weighted by atomic mass is 10.2. The Kier molecular flexibility index (Phi) is 4.60. The van der Waals surface area contributed by atoms with E-state index in [4.69, 9.17) is 11.6 Å². The van der Waals surface area contributed by atoms with Crippen molar-refractivity contribution in [2.45, 2.75) is 6.92 Å². The minimum absolute atomic E-state index is 0.235. The largest absolute Gasteiger partial charge is 0.306 e. The molecule has 0 fully saturated rings. The zero-order valence-electron chi connectivity index (χ0n) is 9.88. The van der Waals surface area contributed by atoms with Crippen molar-refractivity contribution in [3.63, 3.8) is 0 Å². The number of pyridine rings is 1. The van der Waals surface area contributed by atoms with Gasteiger partial charge in [0.05, 0.1) is 5.56 Å². The van der Waals surface area contributed by atoms with E-state index in [1.807, 2.05) is 13.0 Å². The standard InChI is InChI=1S/C13H9Br2ClN2O/c1-7-4-8(14)6-17-12(7)18-13(19)10-3-2-9(16)5-11(10)15/h2-6H,1H3,(H,17,18,19). The number of rotatable bonds is 2. The number of aryl methyl sites for hydroxylation is 1. The maximum absolute atomic E-state index is 12.1. The second-order valence-corrected chi connectivity index (χ2v) is 6.10. The molecule has 1 N–H and O–H groups in total. The maximum atomic E-state index is 12.1. The fourth-order valence-corrected chi connectivity index (χ4v) is 2.83. The molecule has 0 spiro atoms. The molecule has 1 aromatic heterocycles. The summed E-state index contributed by atoms with van der Waals surface area (Å²) in [4.78, 5) is 16.3. The number of hydrogen-bond acceptors (Lipinski definition) is 2. The molecule has 2 aromatic rings. The fraction of sp³-hybridized carbons (Fsp3) is 0.0769. The van der Waals surface area contributed by atoms with Crippen LogP contribution in [0.1, 0.15) is 15.9 Å². The molecular formula is C13H9Br2ClN2O. The molecule has 0 bridgehead atoms. The molecule has 0 atom stereocenters. The lowest BCUT2D eigenvalue weighted by molar-refractivity contribution is 0.102. The second-order valence-electron chi connectivity index (χ2n) is 3.90. The topological polar surface area (TPSA) is 42.0 Å². The van der Waals surface area contributed by atoms with Gasteiger partial charge in [-0.05, 0) is 68.6 Å². The van der Waals surface area contributed by atoms with Crippen LogP contribution in [0.2, 0.25) is 5.02 Å². The van der Waals surface area contributed by atoms with Crippen molar-refractivity contribution in [1.82, 2.24) is 4.98 Å². The lowest BCUT2D eigenvalue weighted by Gasteiger charge is -2.09. The molecule has 0 saturated carbocycles. The number of nitrogens with zero attached hydrogens (tertiary/aromatic N) is 1. The smallest absolute Gasteiger partial charge is 0.257 e. The third-order valence-corrected chi connectivity index (χ3v) is 3.78.